The van der Waals surface area contributed by atoms with Gasteiger partial charge in [0.1, 0.15) is 5.75 Å². The molecule has 20 heavy (non-hydrogen) atoms. The van der Waals surface area contributed by atoms with Gasteiger partial charge in [0.2, 0.25) is 0 Å². The number of rotatable bonds is 3. The molecule has 102 valence electrons. The van der Waals surface area contributed by atoms with Crippen LogP contribution in [-0.2, 0) is 0 Å². The summed E-state index contributed by atoms with van der Waals surface area (Å²) >= 11 is 3.30. The van der Waals surface area contributed by atoms with Crippen LogP contribution >= 0.6 is 15.9 Å². The van der Waals surface area contributed by atoms with Crippen LogP contribution in [0.4, 0.5) is 0 Å². The summed E-state index contributed by atoms with van der Waals surface area (Å²) in [4.78, 5) is 23.7. The molecule has 0 atom stereocenters. The van der Waals surface area contributed by atoms with Gasteiger partial charge in [-0.3, -0.25) is 4.79 Å². The number of aryl methyl sites for hydroxylation is 1. The van der Waals surface area contributed by atoms with Crippen LogP contribution in [0.3, 0.4) is 0 Å². The normalized spacial score (nSPS) is 10.2. The van der Waals surface area contributed by atoms with E-state index in [4.69, 9.17) is 4.74 Å². The third-order valence-corrected chi connectivity index (χ3v) is 3.27. The highest BCUT2D eigenvalue weighted by Gasteiger charge is 2.14. The zero-order valence-electron chi connectivity index (χ0n) is 11.1. The summed E-state index contributed by atoms with van der Waals surface area (Å²) in [5.41, 5.74) is 1.78. The number of carbonyl (C=O) groups is 2. The minimum atomic E-state index is -0.488. The molecule has 3 nitrogen and oxygen atoms in total. The van der Waals surface area contributed by atoms with E-state index in [1.165, 1.54) is 6.92 Å². The van der Waals surface area contributed by atoms with Gasteiger partial charge >= 0.3 is 5.97 Å². The van der Waals surface area contributed by atoms with Crippen LogP contribution in [0, 0.1) is 6.92 Å². The Morgan fingerprint density at radius 1 is 1.10 bits per heavy atom. The highest BCUT2D eigenvalue weighted by atomic mass is 79.9. The molecule has 0 heterocycles. The van der Waals surface area contributed by atoms with Crippen LogP contribution in [0.25, 0.3) is 0 Å². The van der Waals surface area contributed by atoms with E-state index in [-0.39, 0.29) is 11.5 Å². The minimum Gasteiger partial charge on any atom is -0.422 e. The number of esters is 1. The largest absolute Gasteiger partial charge is 0.422 e. The molecule has 0 fully saturated rings. The number of carbonyl (C=O) groups excluding carboxylic acids is 2. The first-order chi connectivity index (χ1) is 9.47. The van der Waals surface area contributed by atoms with Crippen LogP contribution < -0.4 is 4.74 Å². The van der Waals surface area contributed by atoms with Gasteiger partial charge < -0.3 is 4.74 Å². The van der Waals surface area contributed by atoms with Gasteiger partial charge in [-0.25, -0.2) is 4.79 Å². The zero-order valence-corrected chi connectivity index (χ0v) is 12.7. The lowest BCUT2D eigenvalue weighted by Crippen LogP contribution is -2.11. The number of Topliss-reactive ketones (excluding diaryl/α,β-unsaturated/α-hetero) is 1. The first-order valence-electron chi connectivity index (χ1n) is 6.06. The quantitative estimate of drug-likeness (QED) is 0.481. The molecule has 0 amide bonds. The fourth-order valence-corrected chi connectivity index (χ4v) is 2.18. The third kappa shape index (κ3) is 3.33. The molecule has 2 aromatic carbocycles. The van der Waals surface area contributed by atoms with Crippen molar-refractivity contribution in [3.63, 3.8) is 0 Å². The van der Waals surface area contributed by atoms with E-state index in [1.54, 1.807) is 36.4 Å². The van der Waals surface area contributed by atoms with Crippen molar-refractivity contribution in [3.8, 4) is 5.75 Å². The van der Waals surface area contributed by atoms with Crippen molar-refractivity contribution in [2.75, 3.05) is 0 Å². The number of halogens is 1. The SMILES string of the molecule is CC(=O)c1cc(C)ccc1OC(=O)c1cccc(Br)c1. The molecule has 0 aliphatic rings. The lowest BCUT2D eigenvalue weighted by atomic mass is 10.1. The molecule has 2 rings (SSSR count). The van der Waals surface area contributed by atoms with Crippen LogP contribution in [0.1, 0.15) is 33.2 Å². The summed E-state index contributed by atoms with van der Waals surface area (Å²) in [6.45, 7) is 3.33. The van der Waals surface area contributed by atoms with E-state index in [1.807, 2.05) is 13.0 Å². The second-order valence-corrected chi connectivity index (χ2v) is 5.37. The molecular weight excluding hydrogens is 320 g/mol. The van der Waals surface area contributed by atoms with Crippen molar-refractivity contribution >= 4 is 27.7 Å². The van der Waals surface area contributed by atoms with Crippen molar-refractivity contribution in [2.24, 2.45) is 0 Å². The number of benzene rings is 2. The van der Waals surface area contributed by atoms with Gasteiger partial charge in [-0.15, -0.1) is 0 Å². The van der Waals surface area contributed by atoms with E-state index < -0.39 is 5.97 Å². The number of hydrogen-bond donors (Lipinski definition) is 0. The molecule has 0 unspecified atom stereocenters. The molecule has 4 heteroatoms. The molecule has 2 aromatic rings. The van der Waals surface area contributed by atoms with Gasteiger partial charge in [0, 0.05) is 4.47 Å². The summed E-state index contributed by atoms with van der Waals surface area (Å²) < 4.78 is 6.12. The highest BCUT2D eigenvalue weighted by Crippen LogP contribution is 2.22. The van der Waals surface area contributed by atoms with Crippen molar-refractivity contribution < 1.29 is 14.3 Å². The second kappa shape index (κ2) is 6.01. The highest BCUT2D eigenvalue weighted by molar-refractivity contribution is 9.10. The Labute approximate surface area is 125 Å². The first kappa shape index (κ1) is 14.5. The monoisotopic (exact) mass is 332 g/mol. The van der Waals surface area contributed by atoms with Crippen LogP contribution in [0.15, 0.2) is 46.9 Å². The Balaban J connectivity index is 2.30. The molecule has 0 aliphatic carbocycles. The Kier molecular flexibility index (Phi) is 4.35. The number of ketones is 1. The predicted molar refractivity (Wildman–Crippen MR) is 80.3 cm³/mol. The second-order valence-electron chi connectivity index (χ2n) is 4.46. The molecule has 0 radical (unpaired) electrons. The molecule has 0 saturated carbocycles. The molecule has 0 aliphatic heterocycles. The van der Waals surface area contributed by atoms with E-state index >= 15 is 0 Å². The average molecular weight is 333 g/mol. The van der Waals surface area contributed by atoms with Crippen molar-refractivity contribution in [1.29, 1.82) is 0 Å². The topological polar surface area (TPSA) is 43.4 Å². The predicted octanol–water partition coefficient (Wildman–Crippen LogP) is 4.18. The van der Waals surface area contributed by atoms with E-state index in [9.17, 15) is 9.59 Å². The molecule has 0 spiro atoms. The van der Waals surface area contributed by atoms with Gasteiger partial charge in [0.25, 0.3) is 0 Å². The summed E-state index contributed by atoms with van der Waals surface area (Å²) in [6.07, 6.45) is 0. The molecular formula is C16H13BrO3. The van der Waals surface area contributed by atoms with Gasteiger partial charge in [0.15, 0.2) is 5.78 Å². The smallest absolute Gasteiger partial charge is 0.343 e. The molecule has 0 N–H and O–H groups in total. The van der Waals surface area contributed by atoms with E-state index in [0.29, 0.717) is 11.1 Å². The maximum atomic E-state index is 12.1. The van der Waals surface area contributed by atoms with E-state index in [0.717, 1.165) is 10.0 Å². The maximum Gasteiger partial charge on any atom is 0.343 e. The van der Waals surface area contributed by atoms with Crippen LogP contribution in [0.5, 0.6) is 5.75 Å². The number of hydrogen-bond acceptors (Lipinski definition) is 3. The summed E-state index contributed by atoms with van der Waals surface area (Å²) in [5.74, 6) is -0.337. The van der Waals surface area contributed by atoms with Crippen molar-refractivity contribution in [2.45, 2.75) is 13.8 Å². The fourth-order valence-electron chi connectivity index (χ4n) is 1.78. The summed E-state index contributed by atoms with van der Waals surface area (Å²) in [7, 11) is 0. The average Bonchev–Trinajstić information content (AvgIpc) is 2.40. The summed E-state index contributed by atoms with van der Waals surface area (Å²) in [5, 5.41) is 0. The third-order valence-electron chi connectivity index (χ3n) is 2.78. The molecule has 0 bridgehead atoms. The Morgan fingerprint density at radius 2 is 1.85 bits per heavy atom. The van der Waals surface area contributed by atoms with Gasteiger partial charge in [-0.2, -0.15) is 0 Å². The molecule has 0 aromatic heterocycles. The Bertz CT molecular complexity index is 677. The Morgan fingerprint density at radius 3 is 2.50 bits per heavy atom. The van der Waals surface area contributed by atoms with Crippen LogP contribution in [-0.4, -0.2) is 11.8 Å². The number of ether oxygens (including phenoxy) is 1. The van der Waals surface area contributed by atoms with Crippen LogP contribution in [0.2, 0.25) is 0 Å². The van der Waals surface area contributed by atoms with Gasteiger partial charge in [-0.1, -0.05) is 33.6 Å². The van der Waals surface area contributed by atoms with Crippen molar-refractivity contribution in [3.05, 3.63) is 63.6 Å². The Hall–Kier alpha value is -1.94. The van der Waals surface area contributed by atoms with Crippen molar-refractivity contribution in [1.82, 2.24) is 0 Å². The first-order valence-corrected chi connectivity index (χ1v) is 6.86. The summed E-state index contributed by atoms with van der Waals surface area (Å²) in [6, 6.07) is 12.1. The zero-order chi connectivity index (χ0) is 14.7. The maximum absolute atomic E-state index is 12.1. The van der Waals surface area contributed by atoms with Gasteiger partial charge in [0.05, 0.1) is 11.1 Å². The standard InChI is InChI=1S/C16H13BrO3/c1-10-6-7-15(14(8-10)11(2)18)20-16(19)12-4-3-5-13(17)9-12/h3-9H,1-2H3. The lowest BCUT2D eigenvalue weighted by molar-refractivity contribution is 0.0732. The minimum absolute atomic E-state index is 0.134. The molecule has 0 saturated heterocycles. The fraction of sp³-hybridized carbons (Fsp3) is 0.125. The van der Waals surface area contributed by atoms with Gasteiger partial charge in [-0.05, 0) is 44.2 Å². The lowest BCUT2D eigenvalue weighted by Gasteiger charge is -2.09. The van der Waals surface area contributed by atoms with E-state index in [2.05, 4.69) is 15.9 Å².